The van der Waals surface area contributed by atoms with Gasteiger partial charge in [-0.15, -0.1) is 0 Å². The number of nitrogens with zero attached hydrogens (tertiary/aromatic N) is 2. The van der Waals surface area contributed by atoms with E-state index in [1.54, 1.807) is 0 Å². The van der Waals surface area contributed by atoms with Crippen LogP contribution < -0.4 is 10.9 Å². The number of aromatic nitrogens is 2. The normalized spacial score (nSPS) is 19.7. The molecule has 2 rings (SSSR count). The van der Waals surface area contributed by atoms with E-state index in [1.807, 2.05) is 0 Å². The molecule has 0 aromatic carbocycles. The van der Waals surface area contributed by atoms with E-state index in [4.69, 9.17) is 16.3 Å². The molecule has 0 radical (unpaired) electrons. The van der Waals surface area contributed by atoms with Crippen molar-refractivity contribution in [1.29, 1.82) is 0 Å². The predicted molar refractivity (Wildman–Crippen MR) is 62.4 cm³/mol. The van der Waals surface area contributed by atoms with Gasteiger partial charge in [0, 0.05) is 19.0 Å². The smallest absolute Gasteiger partial charge is 0.243 e. The van der Waals surface area contributed by atoms with Crippen molar-refractivity contribution < 1.29 is 9.53 Å². The molecule has 1 aromatic rings. The second kappa shape index (κ2) is 5.79. The summed E-state index contributed by atoms with van der Waals surface area (Å²) in [5.41, 5.74) is 5.20. The Morgan fingerprint density at radius 1 is 1.47 bits per heavy atom. The Morgan fingerprint density at radius 3 is 3.00 bits per heavy atom. The number of halogens is 1. The molecule has 0 bridgehead atoms. The first-order valence-electron chi connectivity index (χ1n) is 5.37. The van der Waals surface area contributed by atoms with Crippen LogP contribution in [-0.2, 0) is 9.53 Å². The number of rotatable bonds is 3. The lowest BCUT2D eigenvalue weighted by molar-refractivity contribution is -0.128. The standard InChI is InChI=1S/C10H13ClN4O2/c11-8-9(13-4-3-12-8)14-15-10(16)7-2-1-5-17-6-7/h3-4,7H,1-2,5-6H2,(H,13,14)(H,15,16). The van der Waals surface area contributed by atoms with Gasteiger partial charge in [-0.25, -0.2) is 9.97 Å². The molecule has 1 saturated heterocycles. The summed E-state index contributed by atoms with van der Waals surface area (Å²) in [7, 11) is 0. The number of amides is 1. The molecule has 1 aliphatic rings. The summed E-state index contributed by atoms with van der Waals surface area (Å²) >= 11 is 5.78. The van der Waals surface area contributed by atoms with E-state index in [1.165, 1.54) is 12.4 Å². The maximum absolute atomic E-state index is 11.7. The molecular formula is C10H13ClN4O2. The van der Waals surface area contributed by atoms with E-state index in [-0.39, 0.29) is 17.0 Å². The summed E-state index contributed by atoms with van der Waals surface area (Å²) in [6, 6.07) is 0. The first-order chi connectivity index (χ1) is 8.27. The van der Waals surface area contributed by atoms with Crippen molar-refractivity contribution in [1.82, 2.24) is 15.4 Å². The number of hydrogen-bond acceptors (Lipinski definition) is 5. The van der Waals surface area contributed by atoms with Gasteiger partial charge in [0.25, 0.3) is 0 Å². The van der Waals surface area contributed by atoms with Crippen LogP contribution in [0.3, 0.4) is 0 Å². The van der Waals surface area contributed by atoms with E-state index in [9.17, 15) is 4.79 Å². The lowest BCUT2D eigenvalue weighted by Crippen LogP contribution is -2.39. The molecule has 0 aliphatic carbocycles. The van der Waals surface area contributed by atoms with Crippen molar-refractivity contribution in [3.63, 3.8) is 0 Å². The SMILES string of the molecule is O=C(NNc1nccnc1Cl)C1CCCOC1. The summed E-state index contributed by atoms with van der Waals surface area (Å²) in [4.78, 5) is 19.5. The first kappa shape index (κ1) is 12.1. The Morgan fingerprint density at radius 2 is 2.29 bits per heavy atom. The monoisotopic (exact) mass is 256 g/mol. The average molecular weight is 257 g/mol. The third-order valence-electron chi connectivity index (χ3n) is 2.49. The fourth-order valence-electron chi connectivity index (χ4n) is 1.58. The summed E-state index contributed by atoms with van der Waals surface area (Å²) in [6.07, 6.45) is 4.71. The third-order valence-corrected chi connectivity index (χ3v) is 2.77. The largest absolute Gasteiger partial charge is 0.381 e. The van der Waals surface area contributed by atoms with Gasteiger partial charge in [-0.3, -0.25) is 15.6 Å². The molecule has 1 amide bonds. The van der Waals surface area contributed by atoms with Gasteiger partial charge in [0.1, 0.15) is 0 Å². The Hall–Kier alpha value is -1.40. The molecule has 6 nitrogen and oxygen atoms in total. The van der Waals surface area contributed by atoms with Gasteiger partial charge in [0.05, 0.1) is 12.5 Å². The summed E-state index contributed by atoms with van der Waals surface area (Å²) in [5, 5.41) is 0.215. The van der Waals surface area contributed by atoms with Crippen LogP contribution >= 0.6 is 11.6 Å². The van der Waals surface area contributed by atoms with Crippen LogP contribution in [0.25, 0.3) is 0 Å². The maximum atomic E-state index is 11.7. The molecule has 92 valence electrons. The number of anilines is 1. The number of hydrogen-bond donors (Lipinski definition) is 2. The van der Waals surface area contributed by atoms with Crippen molar-refractivity contribution in [2.24, 2.45) is 5.92 Å². The molecule has 0 saturated carbocycles. The summed E-state index contributed by atoms with van der Waals surface area (Å²) < 4.78 is 5.24. The van der Waals surface area contributed by atoms with Gasteiger partial charge in [-0.2, -0.15) is 0 Å². The Labute approximate surface area is 104 Å². The van der Waals surface area contributed by atoms with Gasteiger partial charge < -0.3 is 4.74 Å². The van der Waals surface area contributed by atoms with Crippen LogP contribution in [-0.4, -0.2) is 29.1 Å². The summed E-state index contributed by atoms with van der Waals surface area (Å²) in [5.74, 6) is 0.0948. The van der Waals surface area contributed by atoms with Crippen LogP contribution in [0, 0.1) is 5.92 Å². The second-order valence-electron chi connectivity index (χ2n) is 3.72. The number of hydrazine groups is 1. The summed E-state index contributed by atoms with van der Waals surface area (Å²) in [6.45, 7) is 1.19. The quantitative estimate of drug-likeness (QED) is 0.789. The Balaban J connectivity index is 1.85. The zero-order valence-corrected chi connectivity index (χ0v) is 9.91. The maximum Gasteiger partial charge on any atom is 0.243 e. The first-order valence-corrected chi connectivity index (χ1v) is 5.75. The molecule has 2 N–H and O–H groups in total. The number of carbonyl (C=O) groups excluding carboxylic acids is 1. The number of nitrogens with one attached hydrogen (secondary N) is 2. The molecular weight excluding hydrogens is 244 g/mol. The van der Waals surface area contributed by atoms with Crippen LogP contribution in [0.1, 0.15) is 12.8 Å². The van der Waals surface area contributed by atoms with E-state index in [2.05, 4.69) is 20.8 Å². The van der Waals surface area contributed by atoms with Crippen LogP contribution in [0.15, 0.2) is 12.4 Å². The molecule has 1 aromatic heterocycles. The van der Waals surface area contributed by atoms with Crippen LogP contribution in [0.4, 0.5) is 5.82 Å². The van der Waals surface area contributed by atoms with E-state index in [0.717, 1.165) is 19.4 Å². The van der Waals surface area contributed by atoms with Gasteiger partial charge in [0.15, 0.2) is 11.0 Å². The van der Waals surface area contributed by atoms with Crippen molar-refractivity contribution in [3.8, 4) is 0 Å². The average Bonchev–Trinajstić information content (AvgIpc) is 2.38. The zero-order valence-electron chi connectivity index (χ0n) is 9.15. The predicted octanol–water partition coefficient (Wildman–Crippen LogP) is 1.000. The molecule has 1 aliphatic heterocycles. The van der Waals surface area contributed by atoms with Crippen LogP contribution in [0.5, 0.6) is 0 Å². The van der Waals surface area contributed by atoms with E-state index in [0.29, 0.717) is 12.4 Å². The minimum atomic E-state index is -0.119. The van der Waals surface area contributed by atoms with Gasteiger partial charge in [-0.05, 0) is 12.8 Å². The fraction of sp³-hybridized carbons (Fsp3) is 0.500. The third kappa shape index (κ3) is 3.28. The van der Waals surface area contributed by atoms with Crippen molar-refractivity contribution in [2.75, 3.05) is 18.6 Å². The van der Waals surface area contributed by atoms with E-state index < -0.39 is 0 Å². The molecule has 1 atom stereocenters. The second-order valence-corrected chi connectivity index (χ2v) is 4.08. The molecule has 7 heteroatoms. The highest BCUT2D eigenvalue weighted by molar-refractivity contribution is 6.31. The minimum Gasteiger partial charge on any atom is -0.381 e. The van der Waals surface area contributed by atoms with Gasteiger partial charge in [-0.1, -0.05) is 11.6 Å². The number of carbonyl (C=O) groups is 1. The molecule has 1 unspecified atom stereocenters. The molecule has 0 spiro atoms. The number of ether oxygens (including phenoxy) is 1. The van der Waals surface area contributed by atoms with Crippen molar-refractivity contribution >= 4 is 23.3 Å². The van der Waals surface area contributed by atoms with Gasteiger partial charge in [0.2, 0.25) is 5.91 Å². The van der Waals surface area contributed by atoms with E-state index >= 15 is 0 Å². The fourth-order valence-corrected chi connectivity index (χ4v) is 1.73. The van der Waals surface area contributed by atoms with Crippen LogP contribution in [0.2, 0.25) is 5.15 Å². The molecule has 17 heavy (non-hydrogen) atoms. The van der Waals surface area contributed by atoms with Crippen molar-refractivity contribution in [3.05, 3.63) is 17.5 Å². The Kier molecular flexibility index (Phi) is 4.11. The van der Waals surface area contributed by atoms with Gasteiger partial charge >= 0.3 is 0 Å². The highest BCUT2D eigenvalue weighted by Gasteiger charge is 2.21. The lowest BCUT2D eigenvalue weighted by atomic mass is 10.0. The Bertz CT molecular complexity index is 396. The lowest BCUT2D eigenvalue weighted by Gasteiger charge is -2.21. The molecule has 2 heterocycles. The van der Waals surface area contributed by atoms with Crippen molar-refractivity contribution in [2.45, 2.75) is 12.8 Å². The minimum absolute atomic E-state index is 0.119. The highest BCUT2D eigenvalue weighted by Crippen LogP contribution is 2.15. The highest BCUT2D eigenvalue weighted by atomic mass is 35.5. The topological polar surface area (TPSA) is 76.1 Å². The molecule has 1 fully saturated rings. The zero-order chi connectivity index (χ0) is 12.1.